The van der Waals surface area contributed by atoms with E-state index >= 15 is 0 Å². The Balaban J connectivity index is 0. The average Bonchev–Trinajstić information content (AvgIpc) is 2.05. The predicted molar refractivity (Wildman–Crippen MR) is 58.9 cm³/mol. The summed E-state index contributed by atoms with van der Waals surface area (Å²) in [6, 6.07) is 0. The first-order valence-corrected chi connectivity index (χ1v) is 5.01. The molecule has 0 radical (unpaired) electrons. The maximum Gasteiger partial charge on any atom is 0.122 e. The first-order chi connectivity index (χ1) is 5.87. The van der Waals surface area contributed by atoms with Gasteiger partial charge in [-0.2, -0.15) is 0 Å². The van der Waals surface area contributed by atoms with E-state index in [9.17, 15) is 4.79 Å². The molecule has 0 spiro atoms. The van der Waals surface area contributed by atoms with Crippen molar-refractivity contribution in [2.24, 2.45) is 5.92 Å². The Morgan fingerprint density at radius 2 is 1.77 bits per heavy atom. The predicted octanol–water partition coefficient (Wildman–Crippen LogP) is 2.63. The van der Waals surface area contributed by atoms with E-state index in [0.29, 0.717) is 5.54 Å². The minimum Gasteiger partial charge on any atom is -0.315 e. The Labute approximate surface area is 83.1 Å². The van der Waals surface area contributed by atoms with Gasteiger partial charge in [0.05, 0.1) is 0 Å². The highest BCUT2D eigenvalue weighted by Gasteiger charge is 2.01. The van der Waals surface area contributed by atoms with E-state index < -0.39 is 0 Å². The van der Waals surface area contributed by atoms with Crippen LogP contribution in [0.3, 0.4) is 0 Å². The van der Waals surface area contributed by atoms with Crippen molar-refractivity contribution in [2.45, 2.75) is 53.0 Å². The Morgan fingerprint density at radius 1 is 1.38 bits per heavy atom. The van der Waals surface area contributed by atoms with Crippen LogP contribution in [-0.4, -0.2) is 18.9 Å². The second-order valence-corrected chi connectivity index (χ2v) is 4.40. The molecule has 80 valence electrons. The monoisotopic (exact) mass is 187 g/mol. The van der Waals surface area contributed by atoms with Gasteiger partial charge in [-0.05, 0) is 34.2 Å². The largest absolute Gasteiger partial charge is 0.315 e. The molecule has 1 N–H and O–H groups in total. The summed E-state index contributed by atoms with van der Waals surface area (Å²) in [6.45, 7) is 10.4. The number of hydrogen-bond donors (Lipinski definition) is 1. The Morgan fingerprint density at radius 3 is 1.85 bits per heavy atom. The van der Waals surface area contributed by atoms with Gasteiger partial charge in [-0.25, -0.2) is 0 Å². The van der Waals surface area contributed by atoms with Crippen LogP contribution in [0.15, 0.2) is 0 Å². The standard InChI is InChI=1S/C6H12O.C5H13N/c1-3-4-6(2)5-7;1-5(2,3)6-4/h5-6H,3-4H2,1-2H3;6H,1-4H3. The molecule has 0 aromatic heterocycles. The fraction of sp³-hybridized carbons (Fsp3) is 0.909. The zero-order chi connectivity index (χ0) is 10.9. The van der Waals surface area contributed by atoms with E-state index in [1.807, 2.05) is 14.0 Å². The molecule has 0 aliphatic carbocycles. The van der Waals surface area contributed by atoms with Crippen molar-refractivity contribution in [2.75, 3.05) is 7.05 Å². The summed E-state index contributed by atoms with van der Waals surface area (Å²) in [6.07, 6.45) is 3.15. The zero-order valence-corrected chi connectivity index (χ0v) is 9.98. The Kier molecular flexibility index (Phi) is 9.58. The van der Waals surface area contributed by atoms with E-state index in [2.05, 4.69) is 33.0 Å². The van der Waals surface area contributed by atoms with Gasteiger partial charge < -0.3 is 10.1 Å². The molecule has 0 rings (SSSR count). The smallest absolute Gasteiger partial charge is 0.122 e. The molecule has 0 saturated heterocycles. The highest BCUT2D eigenvalue weighted by Crippen LogP contribution is 1.98. The molecule has 1 unspecified atom stereocenters. The van der Waals surface area contributed by atoms with Gasteiger partial charge in [0.15, 0.2) is 0 Å². The minimum atomic E-state index is 0.269. The topological polar surface area (TPSA) is 29.1 Å². The van der Waals surface area contributed by atoms with E-state index in [-0.39, 0.29) is 5.92 Å². The van der Waals surface area contributed by atoms with Gasteiger partial charge >= 0.3 is 0 Å². The molecule has 0 aromatic rings. The molecule has 13 heavy (non-hydrogen) atoms. The lowest BCUT2D eigenvalue weighted by molar-refractivity contribution is -0.110. The first-order valence-electron chi connectivity index (χ1n) is 5.01. The summed E-state index contributed by atoms with van der Waals surface area (Å²) < 4.78 is 0. The van der Waals surface area contributed by atoms with Gasteiger partial charge in [-0.1, -0.05) is 20.3 Å². The van der Waals surface area contributed by atoms with Crippen molar-refractivity contribution in [1.29, 1.82) is 0 Å². The third kappa shape index (κ3) is 18.5. The molecule has 0 aliphatic heterocycles. The van der Waals surface area contributed by atoms with Crippen LogP contribution < -0.4 is 5.32 Å². The third-order valence-electron chi connectivity index (χ3n) is 1.73. The molecule has 0 amide bonds. The molecule has 0 bridgehead atoms. The maximum absolute atomic E-state index is 9.89. The van der Waals surface area contributed by atoms with Gasteiger partial charge in [-0.3, -0.25) is 0 Å². The van der Waals surface area contributed by atoms with Gasteiger partial charge in [-0.15, -0.1) is 0 Å². The molecular weight excluding hydrogens is 162 g/mol. The summed E-state index contributed by atoms with van der Waals surface area (Å²) in [5.74, 6) is 0.269. The molecular formula is C11H25NO. The number of carbonyl (C=O) groups is 1. The SMILES string of the molecule is CCCC(C)C=O.CNC(C)(C)C. The first kappa shape index (κ1) is 15.1. The number of nitrogens with one attached hydrogen (secondary N) is 1. The van der Waals surface area contributed by atoms with Crippen LogP contribution in [0.4, 0.5) is 0 Å². The van der Waals surface area contributed by atoms with Crippen molar-refractivity contribution < 1.29 is 4.79 Å². The van der Waals surface area contributed by atoms with Crippen molar-refractivity contribution in [3.8, 4) is 0 Å². The third-order valence-corrected chi connectivity index (χ3v) is 1.73. The number of hydrogen-bond acceptors (Lipinski definition) is 2. The van der Waals surface area contributed by atoms with Gasteiger partial charge in [0.25, 0.3) is 0 Å². The summed E-state index contributed by atoms with van der Waals surface area (Å²) in [5.41, 5.74) is 0.292. The van der Waals surface area contributed by atoms with Crippen LogP contribution in [-0.2, 0) is 4.79 Å². The van der Waals surface area contributed by atoms with Crippen molar-refractivity contribution in [3.05, 3.63) is 0 Å². The maximum atomic E-state index is 9.89. The summed E-state index contributed by atoms with van der Waals surface area (Å²) in [7, 11) is 1.96. The Hall–Kier alpha value is -0.370. The molecule has 1 atom stereocenters. The number of rotatable bonds is 3. The second kappa shape index (κ2) is 8.24. The van der Waals surface area contributed by atoms with Crippen molar-refractivity contribution in [3.63, 3.8) is 0 Å². The summed E-state index contributed by atoms with van der Waals surface area (Å²) >= 11 is 0. The van der Waals surface area contributed by atoms with Crippen LogP contribution in [0.25, 0.3) is 0 Å². The van der Waals surface area contributed by atoms with Crippen LogP contribution in [0.2, 0.25) is 0 Å². The molecule has 0 aliphatic rings. The number of carbonyl (C=O) groups excluding carboxylic acids is 1. The Bertz CT molecular complexity index is 116. The molecule has 2 nitrogen and oxygen atoms in total. The van der Waals surface area contributed by atoms with Crippen molar-refractivity contribution >= 4 is 6.29 Å². The van der Waals surface area contributed by atoms with Gasteiger partial charge in [0, 0.05) is 11.5 Å². The van der Waals surface area contributed by atoms with Crippen LogP contribution in [0.5, 0.6) is 0 Å². The molecule has 0 aromatic carbocycles. The van der Waals surface area contributed by atoms with E-state index in [0.717, 1.165) is 19.1 Å². The molecule has 0 fully saturated rings. The molecule has 0 heterocycles. The fourth-order valence-electron chi connectivity index (χ4n) is 0.523. The lowest BCUT2D eigenvalue weighted by Gasteiger charge is -2.15. The van der Waals surface area contributed by atoms with E-state index in [1.54, 1.807) is 0 Å². The van der Waals surface area contributed by atoms with Crippen LogP contribution in [0.1, 0.15) is 47.5 Å². The summed E-state index contributed by atoms with van der Waals surface area (Å²) in [5, 5.41) is 3.10. The molecule has 0 saturated carbocycles. The lowest BCUT2D eigenvalue weighted by Crippen LogP contribution is -2.31. The quantitative estimate of drug-likeness (QED) is 0.688. The zero-order valence-electron chi connectivity index (χ0n) is 9.98. The highest BCUT2D eigenvalue weighted by molar-refractivity contribution is 5.52. The lowest BCUT2D eigenvalue weighted by atomic mass is 10.1. The summed E-state index contributed by atoms with van der Waals surface area (Å²) in [4.78, 5) is 9.89. The normalized spacial score (nSPS) is 12.8. The minimum absolute atomic E-state index is 0.269. The molecule has 2 heteroatoms. The van der Waals surface area contributed by atoms with Crippen LogP contribution >= 0.6 is 0 Å². The van der Waals surface area contributed by atoms with Gasteiger partial charge in [0.1, 0.15) is 6.29 Å². The van der Waals surface area contributed by atoms with Crippen molar-refractivity contribution in [1.82, 2.24) is 5.32 Å². The average molecular weight is 187 g/mol. The fourth-order valence-corrected chi connectivity index (χ4v) is 0.523. The van der Waals surface area contributed by atoms with Gasteiger partial charge in [0.2, 0.25) is 0 Å². The van der Waals surface area contributed by atoms with E-state index in [1.165, 1.54) is 0 Å². The van der Waals surface area contributed by atoms with Crippen LogP contribution in [0, 0.1) is 5.92 Å². The van der Waals surface area contributed by atoms with E-state index in [4.69, 9.17) is 0 Å². The highest BCUT2D eigenvalue weighted by atomic mass is 16.1. The second-order valence-electron chi connectivity index (χ2n) is 4.40. The number of aldehydes is 1.